The Morgan fingerprint density at radius 3 is 2.53 bits per heavy atom. The van der Waals surface area contributed by atoms with E-state index >= 15 is 0 Å². The summed E-state index contributed by atoms with van der Waals surface area (Å²) in [4.78, 5) is 21.8. The van der Waals surface area contributed by atoms with Crippen molar-refractivity contribution in [1.82, 2.24) is 14.5 Å². The molecule has 0 atom stereocenters. The molecular formula is C23H21Cl2N5O3S. The van der Waals surface area contributed by atoms with Crippen molar-refractivity contribution in [2.24, 2.45) is 0 Å². The van der Waals surface area contributed by atoms with Crippen molar-refractivity contribution in [3.05, 3.63) is 75.7 Å². The van der Waals surface area contributed by atoms with Crippen LogP contribution in [0, 0.1) is 6.92 Å². The molecule has 2 aromatic carbocycles. The Bertz CT molecular complexity index is 1550. The van der Waals surface area contributed by atoms with Gasteiger partial charge in [-0.25, -0.2) is 18.4 Å². The summed E-state index contributed by atoms with van der Waals surface area (Å²) in [6, 6.07) is 8.93. The highest BCUT2D eigenvalue weighted by atomic mass is 35.5. The van der Waals surface area contributed by atoms with Gasteiger partial charge in [0.15, 0.2) is 5.78 Å². The van der Waals surface area contributed by atoms with Crippen LogP contribution >= 0.6 is 23.2 Å². The zero-order valence-electron chi connectivity index (χ0n) is 18.5. The largest absolute Gasteiger partial charge is 0.383 e. The van der Waals surface area contributed by atoms with Crippen LogP contribution in [0.1, 0.15) is 41.4 Å². The minimum Gasteiger partial charge on any atom is -0.383 e. The Balaban J connectivity index is 1.78. The maximum atomic E-state index is 13.6. The molecule has 2 aromatic heterocycles. The van der Waals surface area contributed by atoms with Crippen LogP contribution in [0.2, 0.25) is 10.0 Å². The lowest BCUT2D eigenvalue weighted by Crippen LogP contribution is -2.15. The number of anilines is 2. The van der Waals surface area contributed by atoms with Gasteiger partial charge in [-0.15, -0.1) is 0 Å². The fourth-order valence-corrected chi connectivity index (χ4v) is 5.60. The third kappa shape index (κ3) is 4.22. The minimum atomic E-state index is -4.03. The molecule has 4 aromatic rings. The fraction of sp³-hybridized carbons (Fsp3) is 0.174. The van der Waals surface area contributed by atoms with E-state index < -0.39 is 10.0 Å². The Kier molecular flexibility index (Phi) is 6.28. The second kappa shape index (κ2) is 8.90. The highest BCUT2D eigenvalue weighted by molar-refractivity contribution is 7.92. The number of nitrogens with one attached hydrogen (secondary N) is 1. The molecule has 0 saturated heterocycles. The Morgan fingerprint density at radius 2 is 1.85 bits per heavy atom. The molecule has 0 unspecified atom stereocenters. The summed E-state index contributed by atoms with van der Waals surface area (Å²) in [7, 11) is -4.03. The second-order valence-electron chi connectivity index (χ2n) is 7.99. The first kappa shape index (κ1) is 24.0. The number of nitrogens with zero attached hydrogens (tertiary/aromatic N) is 3. The van der Waals surface area contributed by atoms with Gasteiger partial charge in [-0.3, -0.25) is 9.52 Å². The van der Waals surface area contributed by atoms with Crippen LogP contribution in [0.5, 0.6) is 0 Å². The van der Waals surface area contributed by atoms with Gasteiger partial charge in [0, 0.05) is 22.8 Å². The standard InChI is InChI=1S/C23H21Cl2N5O3S/c1-12(2)30-10-16(20-22(26)27-11-28-23(20)30)21(31)15-5-4-6-18(13(15)3)29-34(32,33)19-8-7-14(24)9-17(19)25/h4-12,29H,1-3H3,(H2,26,27,28). The molecule has 4 rings (SSSR count). The fourth-order valence-electron chi connectivity index (χ4n) is 3.70. The summed E-state index contributed by atoms with van der Waals surface area (Å²) in [5.74, 6) is -0.131. The second-order valence-corrected chi connectivity index (χ2v) is 10.5. The molecular weight excluding hydrogens is 497 g/mol. The zero-order chi connectivity index (χ0) is 24.8. The lowest BCUT2D eigenvalue weighted by Gasteiger charge is -2.14. The number of carbonyl (C=O) groups excluding carboxylic acids is 1. The highest BCUT2D eigenvalue weighted by Gasteiger charge is 2.25. The van der Waals surface area contributed by atoms with Crippen LogP contribution < -0.4 is 10.5 Å². The smallest absolute Gasteiger partial charge is 0.263 e. The summed E-state index contributed by atoms with van der Waals surface area (Å²) in [5.41, 5.74) is 7.99. The number of fused-ring (bicyclic) bond motifs is 1. The van der Waals surface area contributed by atoms with Crippen molar-refractivity contribution < 1.29 is 13.2 Å². The SMILES string of the molecule is Cc1c(NS(=O)(=O)c2ccc(Cl)cc2Cl)cccc1C(=O)c1cn(C(C)C)c2ncnc(N)c12. The zero-order valence-corrected chi connectivity index (χ0v) is 20.8. The summed E-state index contributed by atoms with van der Waals surface area (Å²) in [5, 5.41) is 0.762. The van der Waals surface area contributed by atoms with E-state index in [1.54, 1.807) is 31.3 Å². The molecule has 8 nitrogen and oxygen atoms in total. The number of nitrogens with two attached hydrogens (primary N) is 1. The van der Waals surface area contributed by atoms with Gasteiger partial charge in [0.1, 0.15) is 22.7 Å². The molecule has 11 heteroatoms. The number of hydrogen-bond acceptors (Lipinski definition) is 6. The summed E-state index contributed by atoms with van der Waals surface area (Å²) in [6.07, 6.45) is 3.06. The molecule has 0 bridgehead atoms. The number of aromatic nitrogens is 3. The van der Waals surface area contributed by atoms with Crippen molar-refractivity contribution in [3.8, 4) is 0 Å². The van der Waals surface area contributed by atoms with Crippen LogP contribution in [-0.4, -0.2) is 28.7 Å². The van der Waals surface area contributed by atoms with Gasteiger partial charge in [-0.1, -0.05) is 35.3 Å². The molecule has 0 aliphatic heterocycles. The van der Waals surface area contributed by atoms with E-state index in [4.69, 9.17) is 28.9 Å². The van der Waals surface area contributed by atoms with Gasteiger partial charge < -0.3 is 10.3 Å². The van der Waals surface area contributed by atoms with Crippen molar-refractivity contribution in [3.63, 3.8) is 0 Å². The Hall–Kier alpha value is -3.14. The third-order valence-electron chi connectivity index (χ3n) is 5.45. The van der Waals surface area contributed by atoms with Gasteiger partial charge >= 0.3 is 0 Å². The van der Waals surface area contributed by atoms with Crippen LogP contribution in [-0.2, 0) is 10.0 Å². The number of hydrogen-bond donors (Lipinski definition) is 2. The van der Waals surface area contributed by atoms with Gasteiger partial charge in [-0.2, -0.15) is 0 Å². The molecule has 0 aliphatic rings. The van der Waals surface area contributed by atoms with Gasteiger partial charge in [-0.05, 0) is 50.6 Å². The van der Waals surface area contributed by atoms with Crippen LogP contribution in [0.15, 0.2) is 53.8 Å². The van der Waals surface area contributed by atoms with Gasteiger partial charge in [0.05, 0.1) is 21.7 Å². The van der Waals surface area contributed by atoms with E-state index in [-0.39, 0.29) is 33.2 Å². The quantitative estimate of drug-likeness (QED) is 0.337. The monoisotopic (exact) mass is 517 g/mol. The molecule has 0 amide bonds. The summed E-state index contributed by atoms with van der Waals surface area (Å²) in [6.45, 7) is 5.60. The maximum absolute atomic E-state index is 13.6. The number of rotatable bonds is 6. The summed E-state index contributed by atoms with van der Waals surface area (Å²) >= 11 is 12.0. The average molecular weight is 518 g/mol. The maximum Gasteiger partial charge on any atom is 0.263 e. The molecule has 176 valence electrons. The van der Waals surface area contributed by atoms with E-state index in [0.29, 0.717) is 32.7 Å². The average Bonchev–Trinajstić information content (AvgIpc) is 3.16. The van der Waals surface area contributed by atoms with E-state index in [1.807, 2.05) is 18.4 Å². The van der Waals surface area contributed by atoms with Crippen LogP contribution in [0.4, 0.5) is 11.5 Å². The first-order valence-corrected chi connectivity index (χ1v) is 12.5. The predicted molar refractivity (Wildman–Crippen MR) is 134 cm³/mol. The van der Waals surface area contributed by atoms with Crippen molar-refractivity contribution in [2.45, 2.75) is 31.7 Å². The van der Waals surface area contributed by atoms with Crippen LogP contribution in [0.3, 0.4) is 0 Å². The molecule has 34 heavy (non-hydrogen) atoms. The van der Waals surface area contributed by atoms with Crippen molar-refractivity contribution >= 4 is 61.5 Å². The van der Waals surface area contributed by atoms with Crippen molar-refractivity contribution in [1.29, 1.82) is 0 Å². The molecule has 2 heterocycles. The Labute approximate surface area is 206 Å². The minimum absolute atomic E-state index is 0.0122. The van der Waals surface area contributed by atoms with E-state index in [9.17, 15) is 13.2 Å². The highest BCUT2D eigenvalue weighted by Crippen LogP contribution is 2.32. The van der Waals surface area contributed by atoms with E-state index in [1.165, 1.54) is 24.5 Å². The first-order valence-electron chi connectivity index (χ1n) is 10.2. The molecule has 0 spiro atoms. The van der Waals surface area contributed by atoms with Gasteiger partial charge in [0.25, 0.3) is 10.0 Å². The van der Waals surface area contributed by atoms with E-state index in [0.717, 1.165) is 0 Å². The van der Waals surface area contributed by atoms with Crippen LogP contribution in [0.25, 0.3) is 11.0 Å². The molecule has 0 aliphatic carbocycles. The predicted octanol–water partition coefficient (Wildman–Crippen LogP) is 5.24. The number of carbonyl (C=O) groups is 1. The normalized spacial score (nSPS) is 11.8. The lowest BCUT2D eigenvalue weighted by atomic mass is 9.98. The lowest BCUT2D eigenvalue weighted by molar-refractivity contribution is 0.103. The number of halogens is 2. The number of sulfonamides is 1. The van der Waals surface area contributed by atoms with Crippen molar-refractivity contribution in [2.75, 3.05) is 10.5 Å². The molecule has 3 N–H and O–H groups in total. The number of benzene rings is 2. The van der Waals surface area contributed by atoms with E-state index in [2.05, 4.69) is 14.7 Å². The third-order valence-corrected chi connectivity index (χ3v) is 7.53. The topological polar surface area (TPSA) is 120 Å². The van der Waals surface area contributed by atoms with Gasteiger partial charge in [0.2, 0.25) is 0 Å². The first-order chi connectivity index (χ1) is 16.0. The number of ketones is 1. The molecule has 0 saturated carbocycles. The molecule has 0 fully saturated rings. The Morgan fingerprint density at radius 1 is 1.12 bits per heavy atom. The summed E-state index contributed by atoms with van der Waals surface area (Å²) < 4.78 is 30.3. The molecule has 0 radical (unpaired) electrons. The number of nitrogen functional groups attached to an aromatic ring is 1.